The molecule has 3 rings (SSSR count). The Morgan fingerprint density at radius 3 is 1.53 bits per heavy atom. The lowest BCUT2D eigenvalue weighted by Gasteiger charge is -2.22. The first-order chi connectivity index (χ1) is 34.2. The van der Waals surface area contributed by atoms with Crippen molar-refractivity contribution in [1.29, 1.82) is 0 Å². The van der Waals surface area contributed by atoms with Crippen molar-refractivity contribution < 1.29 is 78.3 Å². The van der Waals surface area contributed by atoms with E-state index in [1.807, 2.05) is 5.32 Å². The SMILES string of the molecule is NCCCC[C@H](NC(=O)CNC(=O)[C@H](CC(=O)O)NC(=O)CCC(=O)NCc1nccc(-c2cccc(-c3ccnc(CNC(=O)[C@H](CC(=O)O)NC(=O)[C@H](CC(=O)O)NC(=O)[C@@H](N)CO)n3)n2)n1)C(=O)O. The van der Waals surface area contributed by atoms with Crippen molar-refractivity contribution in [3.63, 3.8) is 0 Å². The maximum atomic E-state index is 13.1. The summed E-state index contributed by atoms with van der Waals surface area (Å²) < 4.78 is 0. The van der Waals surface area contributed by atoms with Gasteiger partial charge in [0.2, 0.25) is 41.4 Å². The Labute approximate surface area is 408 Å². The van der Waals surface area contributed by atoms with Gasteiger partial charge in [-0.25, -0.2) is 29.7 Å². The van der Waals surface area contributed by atoms with Gasteiger partial charge in [-0.05, 0) is 50.1 Å². The summed E-state index contributed by atoms with van der Waals surface area (Å²) in [6.45, 7) is -1.80. The molecule has 30 nitrogen and oxygen atoms in total. The van der Waals surface area contributed by atoms with E-state index in [2.05, 4.69) is 56.8 Å². The van der Waals surface area contributed by atoms with Crippen LogP contribution < -0.4 is 48.7 Å². The van der Waals surface area contributed by atoms with E-state index < -0.39 is 141 Å². The smallest absolute Gasteiger partial charge is 0.326 e. The summed E-state index contributed by atoms with van der Waals surface area (Å²) in [6.07, 6.45) is 0.134. The molecule has 388 valence electrons. The molecule has 3 aromatic rings. The quantitative estimate of drug-likeness (QED) is 0.0268. The minimum atomic E-state index is -1.79. The van der Waals surface area contributed by atoms with Crippen molar-refractivity contribution in [1.82, 2.24) is 62.1 Å². The number of amides is 7. The second-order valence-electron chi connectivity index (χ2n) is 15.4. The van der Waals surface area contributed by atoms with E-state index in [0.717, 1.165) is 0 Å². The van der Waals surface area contributed by atoms with Gasteiger partial charge in [0, 0.05) is 25.2 Å². The number of aromatic nitrogens is 5. The van der Waals surface area contributed by atoms with Gasteiger partial charge in [-0.3, -0.25) is 47.9 Å². The number of hydrogen-bond donors (Lipinski definition) is 14. The van der Waals surface area contributed by atoms with Crippen LogP contribution in [-0.4, -0.2) is 166 Å². The molecule has 30 heteroatoms. The third kappa shape index (κ3) is 20.5. The van der Waals surface area contributed by atoms with E-state index in [9.17, 15) is 73.2 Å². The maximum Gasteiger partial charge on any atom is 0.326 e. The fraction of sp³-hybridized carbons (Fsp3) is 0.429. The second-order valence-corrected chi connectivity index (χ2v) is 15.4. The van der Waals surface area contributed by atoms with Gasteiger partial charge in [0.25, 0.3) is 0 Å². The fourth-order valence-electron chi connectivity index (χ4n) is 6.09. The predicted octanol–water partition coefficient (Wildman–Crippen LogP) is -4.98. The number of hydrogen-bond acceptors (Lipinski definition) is 19. The summed E-state index contributed by atoms with van der Waals surface area (Å²) in [5.74, 6) is -12.4. The molecule has 3 heterocycles. The van der Waals surface area contributed by atoms with Gasteiger partial charge in [-0.1, -0.05) is 6.07 Å². The molecular formula is C42H54N14O16. The van der Waals surface area contributed by atoms with Crippen LogP contribution in [0.15, 0.2) is 42.7 Å². The van der Waals surface area contributed by atoms with Crippen molar-refractivity contribution in [3.8, 4) is 22.8 Å². The van der Waals surface area contributed by atoms with Crippen LogP contribution in [0.5, 0.6) is 0 Å². The van der Waals surface area contributed by atoms with E-state index in [1.54, 1.807) is 18.2 Å². The van der Waals surface area contributed by atoms with E-state index in [0.29, 0.717) is 36.5 Å². The molecule has 0 saturated heterocycles. The average molecular weight is 1010 g/mol. The van der Waals surface area contributed by atoms with Crippen LogP contribution in [-0.2, 0) is 65.8 Å². The molecule has 72 heavy (non-hydrogen) atoms. The number of aliphatic hydroxyl groups excluding tert-OH is 1. The zero-order valence-corrected chi connectivity index (χ0v) is 38.2. The molecule has 0 aromatic carbocycles. The highest BCUT2D eigenvalue weighted by molar-refractivity contribution is 5.96. The monoisotopic (exact) mass is 1010 g/mol. The Morgan fingerprint density at radius 1 is 0.528 bits per heavy atom. The van der Waals surface area contributed by atoms with Crippen molar-refractivity contribution in [3.05, 3.63) is 54.4 Å². The minimum absolute atomic E-state index is 0.0195. The first-order valence-corrected chi connectivity index (χ1v) is 21.8. The standard InChI is InChI=1S/C42H54N14O16/c43-11-2-1-4-26(42(71)72)53-34(60)19-49-39(68)27(14-35(61)62)54-33(59)8-7-32(58)47-17-30-45-12-9-24(51-30)22-5-3-6-23(50-22)25-10-13-46-31(52-25)18-48-40(69)28(15-36(63)64)56-41(70)29(16-37(65)66)55-38(67)21(44)20-57/h3,5-6,9-10,12-13,21,26-29,57H,1-2,4,7-8,11,14-20,43-44H2,(H,47,58)(H,48,69)(H,49,68)(H,53,60)(H,54,59)(H,55,67)(H,56,70)(H,61,62)(H,63,64)(H,65,66)(H,71,72)/t21-,26-,27-,28-,29-/m0/s1. The van der Waals surface area contributed by atoms with E-state index in [4.69, 9.17) is 16.6 Å². The lowest BCUT2D eigenvalue weighted by molar-refractivity contribution is -0.143. The number of carboxylic acid groups (broad SMARTS) is 4. The molecule has 0 aliphatic rings. The zero-order valence-electron chi connectivity index (χ0n) is 38.2. The first kappa shape index (κ1) is 57.7. The van der Waals surface area contributed by atoms with Gasteiger partial charge in [-0.15, -0.1) is 0 Å². The van der Waals surface area contributed by atoms with Crippen molar-refractivity contribution in [2.24, 2.45) is 11.5 Å². The Morgan fingerprint density at radius 2 is 1.00 bits per heavy atom. The number of nitrogens with two attached hydrogens (primary N) is 2. The molecule has 7 amide bonds. The number of unbranched alkanes of at least 4 members (excludes halogenated alkanes) is 1. The van der Waals surface area contributed by atoms with Gasteiger partial charge < -0.3 is 74.2 Å². The molecule has 0 radical (unpaired) electrons. The number of pyridine rings is 1. The van der Waals surface area contributed by atoms with Crippen molar-refractivity contribution in [2.75, 3.05) is 19.7 Å². The number of aliphatic hydroxyl groups is 1. The number of rotatable bonds is 31. The third-order valence-corrected chi connectivity index (χ3v) is 9.72. The number of carbonyl (C=O) groups excluding carboxylic acids is 7. The molecule has 0 spiro atoms. The van der Waals surface area contributed by atoms with E-state index >= 15 is 0 Å². The van der Waals surface area contributed by atoms with Gasteiger partial charge in [0.1, 0.15) is 41.9 Å². The highest BCUT2D eigenvalue weighted by Crippen LogP contribution is 2.20. The molecule has 0 unspecified atom stereocenters. The van der Waals surface area contributed by atoms with Crippen LogP contribution >= 0.6 is 0 Å². The molecule has 0 fully saturated rings. The highest BCUT2D eigenvalue weighted by atomic mass is 16.4. The Hall–Kier alpha value is -8.64. The molecular weight excluding hydrogens is 957 g/mol. The Kier molecular flexibility index (Phi) is 23.6. The topological polar surface area (TPSA) is 490 Å². The molecule has 0 bridgehead atoms. The van der Waals surface area contributed by atoms with Crippen molar-refractivity contribution >= 4 is 65.2 Å². The normalized spacial score (nSPS) is 12.8. The molecule has 0 aliphatic carbocycles. The lowest BCUT2D eigenvalue weighted by atomic mass is 10.1. The fourth-order valence-corrected chi connectivity index (χ4v) is 6.09. The first-order valence-electron chi connectivity index (χ1n) is 21.8. The van der Waals surface area contributed by atoms with Gasteiger partial charge in [0.05, 0.1) is 68.3 Å². The zero-order chi connectivity index (χ0) is 53.3. The molecule has 5 atom stereocenters. The number of carboxylic acids is 4. The summed E-state index contributed by atoms with van der Waals surface area (Å²) in [6, 6.07) is -0.0291. The van der Waals surface area contributed by atoms with Gasteiger partial charge in [0.15, 0.2) is 0 Å². The van der Waals surface area contributed by atoms with E-state index in [1.165, 1.54) is 24.5 Å². The van der Waals surface area contributed by atoms with E-state index in [-0.39, 0.29) is 36.9 Å². The second kappa shape index (κ2) is 29.4. The van der Waals surface area contributed by atoms with Gasteiger partial charge >= 0.3 is 23.9 Å². The van der Waals surface area contributed by atoms with Crippen LogP contribution in [0.4, 0.5) is 0 Å². The predicted molar refractivity (Wildman–Crippen MR) is 242 cm³/mol. The highest BCUT2D eigenvalue weighted by Gasteiger charge is 2.31. The Balaban J connectivity index is 1.58. The molecule has 16 N–H and O–H groups in total. The van der Waals surface area contributed by atoms with Crippen LogP contribution in [0.1, 0.15) is 63.0 Å². The number of aliphatic carboxylic acids is 4. The van der Waals surface area contributed by atoms with Crippen LogP contribution in [0.2, 0.25) is 0 Å². The van der Waals surface area contributed by atoms with Crippen molar-refractivity contribution in [2.45, 2.75) is 94.7 Å². The number of carbonyl (C=O) groups is 11. The summed E-state index contributed by atoms with van der Waals surface area (Å²) in [4.78, 5) is 156. The summed E-state index contributed by atoms with van der Waals surface area (Å²) >= 11 is 0. The largest absolute Gasteiger partial charge is 0.481 e. The summed E-state index contributed by atoms with van der Waals surface area (Å²) in [7, 11) is 0. The maximum absolute atomic E-state index is 13.1. The number of nitrogens with zero attached hydrogens (tertiary/aromatic N) is 5. The molecule has 0 saturated carbocycles. The van der Waals surface area contributed by atoms with Crippen LogP contribution in [0.3, 0.4) is 0 Å². The van der Waals surface area contributed by atoms with Gasteiger partial charge in [-0.2, -0.15) is 0 Å². The summed E-state index contributed by atoms with van der Waals surface area (Å²) in [5, 5.41) is 62.1. The third-order valence-electron chi connectivity index (χ3n) is 9.72. The van der Waals surface area contributed by atoms with Crippen LogP contribution in [0, 0.1) is 0 Å². The lowest BCUT2D eigenvalue weighted by Crippen LogP contribution is -2.57. The number of nitrogens with one attached hydrogen (secondary N) is 7. The summed E-state index contributed by atoms with van der Waals surface area (Å²) in [5.41, 5.74) is 12.1. The minimum Gasteiger partial charge on any atom is -0.481 e. The molecule has 3 aromatic heterocycles. The average Bonchev–Trinajstić information content (AvgIpc) is 3.34. The Bertz CT molecular complexity index is 2460. The van der Waals surface area contributed by atoms with Crippen LogP contribution in [0.25, 0.3) is 22.8 Å². The molecule has 0 aliphatic heterocycles.